The minimum absolute atomic E-state index is 0.0781. The van der Waals surface area contributed by atoms with Crippen molar-refractivity contribution in [3.63, 3.8) is 0 Å². The Morgan fingerprint density at radius 2 is 1.77 bits per heavy atom. The number of carbonyl (C=O) groups excluding carboxylic acids is 1. The van der Waals surface area contributed by atoms with Crippen LogP contribution in [0.5, 0.6) is 17.2 Å². The van der Waals surface area contributed by atoms with E-state index in [1.165, 1.54) is 17.5 Å². The number of rotatable bonds is 8. The number of ether oxygens (including phenoxy) is 3. The highest BCUT2D eigenvalue weighted by Gasteiger charge is 2.12. The van der Waals surface area contributed by atoms with Gasteiger partial charge in [0, 0.05) is 11.1 Å². The summed E-state index contributed by atoms with van der Waals surface area (Å²) in [5.74, 6) is 2.22. The predicted molar refractivity (Wildman–Crippen MR) is 122 cm³/mol. The fourth-order valence-electron chi connectivity index (χ4n) is 3.86. The summed E-state index contributed by atoms with van der Waals surface area (Å²) in [4.78, 5) is 12.5. The maximum atomic E-state index is 12.5. The predicted octanol–water partition coefficient (Wildman–Crippen LogP) is 5.67. The van der Waals surface area contributed by atoms with E-state index < -0.39 is 0 Å². The van der Waals surface area contributed by atoms with Gasteiger partial charge in [-0.05, 0) is 78.4 Å². The maximum absolute atomic E-state index is 12.5. The Bertz CT molecular complexity index is 1110. The summed E-state index contributed by atoms with van der Waals surface area (Å²) >= 11 is 0. The van der Waals surface area contributed by atoms with Crippen molar-refractivity contribution in [2.75, 3.05) is 14.2 Å². The van der Waals surface area contributed by atoms with Crippen molar-refractivity contribution in [2.45, 2.75) is 25.9 Å². The van der Waals surface area contributed by atoms with E-state index in [9.17, 15) is 4.79 Å². The molecule has 3 aromatic carbocycles. The first-order valence-electron chi connectivity index (χ1n) is 10.4. The highest BCUT2D eigenvalue weighted by molar-refractivity contribution is 6.07. The molecule has 0 heterocycles. The zero-order chi connectivity index (χ0) is 21.6. The van der Waals surface area contributed by atoms with E-state index in [1.807, 2.05) is 36.4 Å². The number of allylic oxidation sites excluding steroid dienone is 1. The standard InChI is InChI=1S/C27H26O4/c1-29-24-8-4-7-22(17-24)26(28)13-9-19-10-14-27(30-2)23(15-19)18-31-25-12-11-20-5-3-6-21(20)16-25/h4,7-17H,3,5-6,18H2,1-2H3/b13-9+. The molecule has 1 aliphatic carbocycles. The van der Waals surface area contributed by atoms with Gasteiger partial charge in [-0.2, -0.15) is 0 Å². The Labute approximate surface area is 183 Å². The van der Waals surface area contributed by atoms with Gasteiger partial charge in [0.2, 0.25) is 0 Å². The van der Waals surface area contributed by atoms with E-state index in [2.05, 4.69) is 12.1 Å². The van der Waals surface area contributed by atoms with E-state index in [1.54, 1.807) is 38.5 Å². The topological polar surface area (TPSA) is 44.8 Å². The smallest absolute Gasteiger partial charge is 0.185 e. The summed E-state index contributed by atoms with van der Waals surface area (Å²) in [6.45, 7) is 0.396. The van der Waals surface area contributed by atoms with Crippen LogP contribution in [-0.2, 0) is 19.4 Å². The molecule has 158 valence electrons. The van der Waals surface area contributed by atoms with Crippen LogP contribution in [0.15, 0.2) is 66.7 Å². The molecule has 0 saturated carbocycles. The molecule has 0 atom stereocenters. The number of benzene rings is 3. The number of ketones is 1. The number of methoxy groups -OCH3 is 2. The molecule has 4 heteroatoms. The van der Waals surface area contributed by atoms with Gasteiger partial charge in [0.05, 0.1) is 14.2 Å². The van der Waals surface area contributed by atoms with E-state index in [-0.39, 0.29) is 5.78 Å². The average molecular weight is 415 g/mol. The third-order valence-electron chi connectivity index (χ3n) is 5.55. The van der Waals surface area contributed by atoms with E-state index in [0.717, 1.165) is 35.5 Å². The molecule has 0 bridgehead atoms. The van der Waals surface area contributed by atoms with Crippen LogP contribution in [0.3, 0.4) is 0 Å². The molecule has 0 unspecified atom stereocenters. The van der Waals surface area contributed by atoms with Crippen molar-refractivity contribution in [1.29, 1.82) is 0 Å². The van der Waals surface area contributed by atoms with Gasteiger partial charge in [-0.1, -0.05) is 30.3 Å². The average Bonchev–Trinajstić information content (AvgIpc) is 3.29. The lowest BCUT2D eigenvalue weighted by molar-refractivity contribution is 0.104. The first-order valence-corrected chi connectivity index (χ1v) is 10.4. The van der Waals surface area contributed by atoms with Gasteiger partial charge in [0.25, 0.3) is 0 Å². The van der Waals surface area contributed by atoms with Gasteiger partial charge < -0.3 is 14.2 Å². The van der Waals surface area contributed by atoms with Crippen LogP contribution >= 0.6 is 0 Å². The Morgan fingerprint density at radius 1 is 0.903 bits per heavy atom. The van der Waals surface area contributed by atoms with Crippen LogP contribution < -0.4 is 14.2 Å². The van der Waals surface area contributed by atoms with E-state index >= 15 is 0 Å². The van der Waals surface area contributed by atoms with Crippen molar-refractivity contribution in [2.24, 2.45) is 0 Å². The molecule has 0 aliphatic heterocycles. The Kier molecular flexibility index (Phi) is 6.37. The second-order valence-corrected chi connectivity index (χ2v) is 7.57. The normalized spacial score (nSPS) is 12.6. The third-order valence-corrected chi connectivity index (χ3v) is 5.55. The van der Waals surface area contributed by atoms with Crippen molar-refractivity contribution in [1.82, 2.24) is 0 Å². The lowest BCUT2D eigenvalue weighted by Gasteiger charge is -2.12. The monoisotopic (exact) mass is 414 g/mol. The van der Waals surface area contributed by atoms with Crippen LogP contribution in [0.1, 0.15) is 39.0 Å². The van der Waals surface area contributed by atoms with Gasteiger partial charge in [-0.25, -0.2) is 0 Å². The first kappa shape index (κ1) is 20.7. The lowest BCUT2D eigenvalue weighted by Crippen LogP contribution is -2.00. The molecular weight excluding hydrogens is 388 g/mol. The SMILES string of the molecule is COc1cccc(C(=O)/C=C/c2ccc(OC)c(COc3ccc4c(c3)CCC4)c2)c1. The summed E-state index contributed by atoms with van der Waals surface area (Å²) in [5.41, 5.74) is 5.24. The quantitative estimate of drug-likeness (QED) is 0.352. The van der Waals surface area contributed by atoms with E-state index in [4.69, 9.17) is 14.2 Å². The molecule has 0 aromatic heterocycles. The van der Waals surface area contributed by atoms with Crippen LogP contribution in [0.4, 0.5) is 0 Å². The van der Waals surface area contributed by atoms with E-state index in [0.29, 0.717) is 17.9 Å². The van der Waals surface area contributed by atoms with Crippen LogP contribution in [0.2, 0.25) is 0 Å². The minimum atomic E-state index is -0.0781. The molecule has 3 aromatic rings. The molecule has 4 nitrogen and oxygen atoms in total. The molecule has 31 heavy (non-hydrogen) atoms. The molecule has 1 aliphatic rings. The zero-order valence-corrected chi connectivity index (χ0v) is 17.9. The van der Waals surface area contributed by atoms with Gasteiger partial charge in [-0.15, -0.1) is 0 Å². The molecule has 0 radical (unpaired) electrons. The second kappa shape index (κ2) is 9.52. The number of fused-ring (bicyclic) bond motifs is 1. The molecule has 4 rings (SSSR count). The molecule has 0 spiro atoms. The Morgan fingerprint density at radius 3 is 2.61 bits per heavy atom. The van der Waals surface area contributed by atoms with Crippen molar-refractivity contribution in [3.8, 4) is 17.2 Å². The summed E-state index contributed by atoms with van der Waals surface area (Å²) in [6.07, 6.45) is 6.88. The highest BCUT2D eigenvalue weighted by Crippen LogP contribution is 2.28. The van der Waals surface area contributed by atoms with Crippen molar-refractivity contribution < 1.29 is 19.0 Å². The third kappa shape index (κ3) is 4.97. The number of carbonyl (C=O) groups is 1. The first-order chi connectivity index (χ1) is 15.2. The Balaban J connectivity index is 1.47. The lowest BCUT2D eigenvalue weighted by atomic mass is 10.1. The largest absolute Gasteiger partial charge is 0.497 e. The molecule has 0 fully saturated rings. The number of aryl methyl sites for hydroxylation is 2. The molecule has 0 N–H and O–H groups in total. The van der Waals surface area contributed by atoms with Crippen LogP contribution in [-0.4, -0.2) is 20.0 Å². The number of hydrogen-bond acceptors (Lipinski definition) is 4. The fraction of sp³-hybridized carbons (Fsp3) is 0.222. The highest BCUT2D eigenvalue weighted by atomic mass is 16.5. The maximum Gasteiger partial charge on any atom is 0.185 e. The molecule has 0 saturated heterocycles. The van der Waals surface area contributed by atoms with Crippen LogP contribution in [0.25, 0.3) is 6.08 Å². The minimum Gasteiger partial charge on any atom is -0.497 e. The van der Waals surface area contributed by atoms with Gasteiger partial charge in [0.15, 0.2) is 5.78 Å². The summed E-state index contributed by atoms with van der Waals surface area (Å²) in [6, 6.07) is 19.3. The summed E-state index contributed by atoms with van der Waals surface area (Å²) in [5, 5.41) is 0. The van der Waals surface area contributed by atoms with Gasteiger partial charge >= 0.3 is 0 Å². The van der Waals surface area contributed by atoms with Crippen molar-refractivity contribution >= 4 is 11.9 Å². The molecule has 0 amide bonds. The zero-order valence-electron chi connectivity index (χ0n) is 17.9. The summed E-state index contributed by atoms with van der Waals surface area (Å²) in [7, 11) is 3.24. The molecular formula is C27H26O4. The van der Waals surface area contributed by atoms with Crippen molar-refractivity contribution in [3.05, 3.63) is 94.6 Å². The van der Waals surface area contributed by atoms with Crippen LogP contribution in [0, 0.1) is 0 Å². The fourth-order valence-corrected chi connectivity index (χ4v) is 3.86. The number of hydrogen-bond donors (Lipinski definition) is 0. The summed E-state index contributed by atoms with van der Waals surface area (Å²) < 4.78 is 16.7. The van der Waals surface area contributed by atoms with Gasteiger partial charge in [0.1, 0.15) is 23.9 Å². The Hall–Kier alpha value is -3.53. The van der Waals surface area contributed by atoms with Gasteiger partial charge in [-0.3, -0.25) is 4.79 Å². The second-order valence-electron chi connectivity index (χ2n) is 7.57.